The summed E-state index contributed by atoms with van der Waals surface area (Å²) in [5.74, 6) is 0.248. The van der Waals surface area contributed by atoms with Crippen LogP contribution in [0.2, 0.25) is 0 Å². The average molecular weight is 166 g/mol. The summed E-state index contributed by atoms with van der Waals surface area (Å²) in [4.78, 5) is 0. The molecule has 1 rings (SSSR count). The Kier molecular flexibility index (Phi) is 2.80. The van der Waals surface area contributed by atoms with Gasteiger partial charge in [-0.25, -0.2) is 0 Å². The molecule has 0 unspecified atom stereocenters. The van der Waals surface area contributed by atoms with Crippen molar-refractivity contribution in [3.05, 3.63) is 18.2 Å². The van der Waals surface area contributed by atoms with Crippen LogP contribution in [0.1, 0.15) is 13.3 Å². The molecule has 4 N–H and O–H groups in total. The minimum Gasteiger partial charge on any atom is -0.506 e. The van der Waals surface area contributed by atoms with Crippen molar-refractivity contribution in [2.24, 2.45) is 0 Å². The van der Waals surface area contributed by atoms with Crippen LogP contribution in [-0.2, 0) is 0 Å². The summed E-state index contributed by atoms with van der Waals surface area (Å²) in [7, 11) is 0. The Morgan fingerprint density at radius 3 is 2.92 bits per heavy atom. The highest BCUT2D eigenvalue weighted by molar-refractivity contribution is 5.62. The van der Waals surface area contributed by atoms with Crippen LogP contribution in [0.4, 0.5) is 11.4 Å². The van der Waals surface area contributed by atoms with Crippen molar-refractivity contribution in [2.45, 2.75) is 13.3 Å². The highest BCUT2D eigenvalue weighted by Gasteiger charge is 1.98. The van der Waals surface area contributed by atoms with Crippen molar-refractivity contribution >= 4 is 11.4 Å². The van der Waals surface area contributed by atoms with E-state index in [0.717, 1.165) is 13.0 Å². The normalized spacial score (nSPS) is 9.75. The Balaban J connectivity index is 2.75. The molecule has 3 heteroatoms. The Hall–Kier alpha value is -1.38. The van der Waals surface area contributed by atoms with Gasteiger partial charge >= 0.3 is 0 Å². The smallest absolute Gasteiger partial charge is 0.138 e. The first kappa shape index (κ1) is 8.71. The maximum absolute atomic E-state index is 9.34. The molecule has 0 saturated heterocycles. The lowest BCUT2D eigenvalue weighted by molar-refractivity contribution is 0.477. The van der Waals surface area contributed by atoms with E-state index in [9.17, 15) is 5.11 Å². The molecule has 0 fully saturated rings. The van der Waals surface area contributed by atoms with E-state index in [0.29, 0.717) is 11.4 Å². The third kappa shape index (κ3) is 2.05. The molecule has 0 radical (unpaired) electrons. The number of phenolic OH excluding ortho intramolecular Hbond substituents is 1. The number of rotatable bonds is 3. The summed E-state index contributed by atoms with van der Waals surface area (Å²) in [6.45, 7) is 2.91. The number of hydrogen-bond donors (Lipinski definition) is 3. The third-order valence-corrected chi connectivity index (χ3v) is 1.59. The summed E-state index contributed by atoms with van der Waals surface area (Å²) >= 11 is 0. The van der Waals surface area contributed by atoms with E-state index in [1.54, 1.807) is 18.2 Å². The number of nitrogens with one attached hydrogen (secondary N) is 1. The Morgan fingerprint density at radius 2 is 2.25 bits per heavy atom. The van der Waals surface area contributed by atoms with E-state index in [2.05, 4.69) is 12.2 Å². The van der Waals surface area contributed by atoms with Gasteiger partial charge in [-0.3, -0.25) is 0 Å². The Labute approximate surface area is 72.2 Å². The van der Waals surface area contributed by atoms with Crippen LogP contribution in [0.3, 0.4) is 0 Å². The monoisotopic (exact) mass is 166 g/mol. The third-order valence-electron chi connectivity index (χ3n) is 1.59. The van der Waals surface area contributed by atoms with Crippen molar-refractivity contribution in [3.63, 3.8) is 0 Å². The van der Waals surface area contributed by atoms with Gasteiger partial charge in [-0.1, -0.05) is 6.92 Å². The van der Waals surface area contributed by atoms with Crippen LogP contribution in [0, 0.1) is 0 Å². The van der Waals surface area contributed by atoms with Gasteiger partial charge in [0.1, 0.15) is 5.75 Å². The molecule has 0 spiro atoms. The topological polar surface area (TPSA) is 58.3 Å². The first-order valence-electron chi connectivity index (χ1n) is 4.06. The zero-order valence-corrected chi connectivity index (χ0v) is 7.17. The van der Waals surface area contributed by atoms with E-state index in [4.69, 9.17) is 5.73 Å². The molecule has 0 aromatic heterocycles. The summed E-state index contributed by atoms with van der Waals surface area (Å²) in [6.07, 6.45) is 1.02. The molecule has 0 aliphatic carbocycles. The molecular weight excluding hydrogens is 152 g/mol. The molecule has 66 valence electrons. The first-order chi connectivity index (χ1) is 5.74. The van der Waals surface area contributed by atoms with Crippen molar-refractivity contribution in [2.75, 3.05) is 17.6 Å². The molecule has 1 aromatic rings. The predicted molar refractivity (Wildman–Crippen MR) is 51.3 cm³/mol. The van der Waals surface area contributed by atoms with E-state index in [1.165, 1.54) is 0 Å². The SMILES string of the molecule is CCCNc1cc(N)ccc1O. The highest BCUT2D eigenvalue weighted by atomic mass is 16.3. The number of nitrogens with two attached hydrogens (primary N) is 1. The van der Waals surface area contributed by atoms with Crippen molar-refractivity contribution < 1.29 is 5.11 Å². The highest BCUT2D eigenvalue weighted by Crippen LogP contribution is 2.24. The maximum Gasteiger partial charge on any atom is 0.138 e. The van der Waals surface area contributed by atoms with Crippen molar-refractivity contribution in [3.8, 4) is 5.75 Å². The van der Waals surface area contributed by atoms with Gasteiger partial charge in [0.2, 0.25) is 0 Å². The van der Waals surface area contributed by atoms with Gasteiger partial charge in [-0.05, 0) is 24.6 Å². The number of benzene rings is 1. The second-order valence-corrected chi connectivity index (χ2v) is 2.70. The quantitative estimate of drug-likeness (QED) is 0.364. The van der Waals surface area contributed by atoms with E-state index < -0.39 is 0 Å². The van der Waals surface area contributed by atoms with E-state index in [-0.39, 0.29) is 5.75 Å². The molecule has 0 heterocycles. The van der Waals surface area contributed by atoms with Crippen LogP contribution >= 0.6 is 0 Å². The van der Waals surface area contributed by atoms with Crippen molar-refractivity contribution in [1.29, 1.82) is 0 Å². The van der Waals surface area contributed by atoms with Gasteiger partial charge in [0.15, 0.2) is 0 Å². The zero-order valence-electron chi connectivity index (χ0n) is 7.17. The molecule has 0 bridgehead atoms. The fraction of sp³-hybridized carbons (Fsp3) is 0.333. The summed E-state index contributed by atoms with van der Waals surface area (Å²) < 4.78 is 0. The van der Waals surface area contributed by atoms with Gasteiger partial charge in [-0.15, -0.1) is 0 Å². The largest absolute Gasteiger partial charge is 0.506 e. The predicted octanol–water partition coefficient (Wildman–Crippen LogP) is 1.80. The van der Waals surface area contributed by atoms with Crippen LogP contribution < -0.4 is 11.1 Å². The molecule has 0 saturated carbocycles. The Bertz CT molecular complexity index is 261. The number of nitrogen functional groups attached to an aromatic ring is 1. The van der Waals surface area contributed by atoms with Gasteiger partial charge in [0, 0.05) is 12.2 Å². The molecule has 1 aromatic carbocycles. The lowest BCUT2D eigenvalue weighted by atomic mass is 10.2. The van der Waals surface area contributed by atoms with E-state index in [1.807, 2.05) is 0 Å². The summed E-state index contributed by atoms with van der Waals surface area (Å²) in [5.41, 5.74) is 6.91. The molecule has 0 aliphatic heterocycles. The fourth-order valence-electron chi connectivity index (χ4n) is 0.955. The van der Waals surface area contributed by atoms with Crippen LogP contribution in [0.5, 0.6) is 5.75 Å². The minimum absolute atomic E-state index is 0.248. The lowest BCUT2D eigenvalue weighted by Crippen LogP contribution is -2.00. The number of hydrogen-bond acceptors (Lipinski definition) is 3. The molecule has 0 aliphatic rings. The van der Waals surface area contributed by atoms with Crippen LogP contribution in [0.25, 0.3) is 0 Å². The lowest BCUT2D eigenvalue weighted by Gasteiger charge is -2.07. The van der Waals surface area contributed by atoms with Gasteiger partial charge < -0.3 is 16.2 Å². The minimum atomic E-state index is 0.248. The summed E-state index contributed by atoms with van der Waals surface area (Å²) in [6, 6.07) is 4.99. The van der Waals surface area contributed by atoms with Gasteiger partial charge in [-0.2, -0.15) is 0 Å². The second kappa shape index (κ2) is 3.85. The molecule has 12 heavy (non-hydrogen) atoms. The van der Waals surface area contributed by atoms with E-state index >= 15 is 0 Å². The summed E-state index contributed by atoms with van der Waals surface area (Å²) in [5, 5.41) is 12.4. The number of aromatic hydroxyl groups is 1. The average Bonchev–Trinajstić information content (AvgIpc) is 2.07. The Morgan fingerprint density at radius 1 is 1.50 bits per heavy atom. The molecule has 0 amide bonds. The van der Waals surface area contributed by atoms with Crippen molar-refractivity contribution in [1.82, 2.24) is 0 Å². The number of anilines is 2. The zero-order chi connectivity index (χ0) is 8.97. The number of phenols is 1. The molecule has 3 nitrogen and oxygen atoms in total. The van der Waals surface area contributed by atoms with Gasteiger partial charge in [0.05, 0.1) is 5.69 Å². The molecule has 0 atom stereocenters. The maximum atomic E-state index is 9.34. The van der Waals surface area contributed by atoms with Gasteiger partial charge in [0.25, 0.3) is 0 Å². The fourth-order valence-corrected chi connectivity index (χ4v) is 0.955. The standard InChI is InChI=1S/C9H14N2O/c1-2-5-11-8-6-7(10)3-4-9(8)12/h3-4,6,11-12H,2,5,10H2,1H3. The first-order valence-corrected chi connectivity index (χ1v) is 4.06. The van der Waals surface area contributed by atoms with Crippen LogP contribution in [-0.4, -0.2) is 11.7 Å². The second-order valence-electron chi connectivity index (χ2n) is 2.70. The van der Waals surface area contributed by atoms with Crippen LogP contribution in [0.15, 0.2) is 18.2 Å². The molecular formula is C9H14N2O.